The summed E-state index contributed by atoms with van der Waals surface area (Å²) in [7, 11) is 0. The molecule has 0 aliphatic rings. The van der Waals surface area contributed by atoms with Crippen LogP contribution in [0.4, 0.5) is 0 Å². The van der Waals surface area contributed by atoms with Crippen molar-refractivity contribution < 1.29 is 0 Å². The van der Waals surface area contributed by atoms with E-state index in [-0.39, 0.29) is 0 Å². The third-order valence-corrected chi connectivity index (χ3v) is 5.71. The number of hydrogen-bond acceptors (Lipinski definition) is 5. The van der Waals surface area contributed by atoms with E-state index in [9.17, 15) is 0 Å². The number of benzene rings is 2. The first-order valence-electron chi connectivity index (χ1n) is 6.93. The third-order valence-electron chi connectivity index (χ3n) is 3.25. The van der Waals surface area contributed by atoms with Crippen molar-refractivity contribution >= 4 is 44.9 Å². The van der Waals surface area contributed by atoms with Crippen molar-refractivity contribution in [2.75, 3.05) is 0 Å². The summed E-state index contributed by atoms with van der Waals surface area (Å²) in [5.41, 5.74) is 2.91. The maximum absolute atomic E-state index is 5.90. The number of hydrogen-bond donors (Lipinski definition) is 0. The summed E-state index contributed by atoms with van der Waals surface area (Å²) in [5, 5.41) is 9.09. The van der Waals surface area contributed by atoms with Crippen LogP contribution < -0.4 is 0 Å². The summed E-state index contributed by atoms with van der Waals surface area (Å²) in [6.07, 6.45) is 1.93. The Morgan fingerprint density at radius 2 is 1.91 bits per heavy atom. The van der Waals surface area contributed by atoms with Gasteiger partial charge in [-0.25, -0.2) is 9.67 Å². The van der Waals surface area contributed by atoms with E-state index in [1.165, 1.54) is 4.70 Å². The molecule has 0 amide bonds. The number of nitrogens with zero attached hydrogens (tertiary/aromatic N) is 4. The van der Waals surface area contributed by atoms with Gasteiger partial charge in [-0.3, -0.25) is 0 Å². The van der Waals surface area contributed by atoms with Crippen LogP contribution in [-0.2, 0) is 5.75 Å². The zero-order valence-corrected chi connectivity index (χ0v) is 14.3. The smallest absolute Gasteiger partial charge is 0.151 e. The van der Waals surface area contributed by atoms with E-state index in [0.29, 0.717) is 5.02 Å². The summed E-state index contributed by atoms with van der Waals surface area (Å²) >= 11 is 9.29. The summed E-state index contributed by atoms with van der Waals surface area (Å²) in [4.78, 5) is 4.61. The summed E-state index contributed by atoms with van der Waals surface area (Å²) < 4.78 is 4.01. The molecule has 0 N–H and O–H groups in total. The minimum atomic E-state index is 0.709. The molecular formula is C16H11ClN4S2. The molecule has 0 spiro atoms. The SMILES string of the molecule is Clc1ccc(-n2cc(CSc3nc4ccccc4s3)nn2)cc1. The normalized spacial score (nSPS) is 11.2. The van der Waals surface area contributed by atoms with Crippen molar-refractivity contribution in [3.05, 3.63) is 65.4 Å². The number of halogens is 1. The van der Waals surface area contributed by atoms with Crippen molar-refractivity contribution in [3.8, 4) is 5.69 Å². The van der Waals surface area contributed by atoms with Gasteiger partial charge < -0.3 is 0 Å². The maximum atomic E-state index is 5.90. The van der Waals surface area contributed by atoms with E-state index < -0.39 is 0 Å². The van der Waals surface area contributed by atoms with Crippen LogP contribution in [0.5, 0.6) is 0 Å². The van der Waals surface area contributed by atoms with Gasteiger partial charge in [-0.05, 0) is 36.4 Å². The molecule has 4 rings (SSSR count). The number of fused-ring (bicyclic) bond motifs is 1. The Bertz CT molecular complexity index is 913. The lowest BCUT2D eigenvalue weighted by molar-refractivity contribution is 0.800. The summed E-state index contributed by atoms with van der Waals surface area (Å²) in [6.45, 7) is 0. The average molecular weight is 359 g/mol. The average Bonchev–Trinajstić information content (AvgIpc) is 3.20. The highest BCUT2D eigenvalue weighted by Crippen LogP contribution is 2.31. The van der Waals surface area contributed by atoms with Gasteiger partial charge >= 0.3 is 0 Å². The molecular weight excluding hydrogens is 348 g/mol. The molecule has 2 aromatic carbocycles. The van der Waals surface area contributed by atoms with Crippen LogP contribution >= 0.6 is 34.7 Å². The zero-order chi connectivity index (χ0) is 15.6. The van der Waals surface area contributed by atoms with Crippen LogP contribution in [-0.4, -0.2) is 20.0 Å². The Morgan fingerprint density at radius 1 is 1.09 bits per heavy atom. The molecule has 0 saturated heterocycles. The molecule has 0 aliphatic carbocycles. The molecule has 0 saturated carbocycles. The van der Waals surface area contributed by atoms with E-state index in [2.05, 4.69) is 21.4 Å². The first-order chi connectivity index (χ1) is 11.3. The molecule has 0 fully saturated rings. The van der Waals surface area contributed by atoms with E-state index >= 15 is 0 Å². The van der Waals surface area contributed by atoms with Crippen LogP contribution in [0.2, 0.25) is 5.02 Å². The second-order valence-corrected chi connectivity index (χ2v) is 7.56. The van der Waals surface area contributed by atoms with Gasteiger partial charge in [0.25, 0.3) is 0 Å². The van der Waals surface area contributed by atoms with Crippen molar-refractivity contribution in [2.45, 2.75) is 10.1 Å². The van der Waals surface area contributed by atoms with Crippen LogP contribution in [0.25, 0.3) is 15.9 Å². The van der Waals surface area contributed by atoms with Gasteiger partial charge in [0.15, 0.2) is 4.34 Å². The fraction of sp³-hybridized carbons (Fsp3) is 0.0625. The van der Waals surface area contributed by atoms with E-state index in [4.69, 9.17) is 11.6 Å². The van der Waals surface area contributed by atoms with Crippen molar-refractivity contribution in [2.24, 2.45) is 0 Å². The lowest BCUT2D eigenvalue weighted by Crippen LogP contribution is -1.93. The number of rotatable bonds is 4. The lowest BCUT2D eigenvalue weighted by Gasteiger charge is -1.98. The molecule has 2 aromatic heterocycles. The highest BCUT2D eigenvalue weighted by atomic mass is 35.5. The Hall–Kier alpha value is -1.89. The Labute approximate surface area is 146 Å². The van der Waals surface area contributed by atoms with E-state index in [1.54, 1.807) is 27.8 Å². The molecule has 23 heavy (non-hydrogen) atoms. The first-order valence-corrected chi connectivity index (χ1v) is 9.11. The minimum absolute atomic E-state index is 0.709. The van der Waals surface area contributed by atoms with Crippen molar-refractivity contribution in [1.29, 1.82) is 0 Å². The molecule has 0 bridgehead atoms. The standard InChI is InChI=1S/C16H11ClN4S2/c17-11-5-7-13(8-6-11)21-9-12(19-20-21)10-22-16-18-14-3-1-2-4-15(14)23-16/h1-9H,10H2. The van der Waals surface area contributed by atoms with Crippen LogP contribution in [0.3, 0.4) is 0 Å². The molecule has 114 valence electrons. The summed E-state index contributed by atoms with van der Waals surface area (Å²) in [6, 6.07) is 15.7. The predicted molar refractivity (Wildman–Crippen MR) is 95.6 cm³/mol. The van der Waals surface area contributed by atoms with Gasteiger partial charge in [-0.2, -0.15) is 0 Å². The second kappa shape index (κ2) is 6.31. The van der Waals surface area contributed by atoms with Gasteiger partial charge in [0, 0.05) is 10.8 Å². The Morgan fingerprint density at radius 3 is 2.74 bits per heavy atom. The monoisotopic (exact) mass is 358 g/mol. The quantitative estimate of drug-likeness (QED) is 0.490. The van der Waals surface area contributed by atoms with E-state index in [0.717, 1.165) is 27.0 Å². The molecule has 4 nitrogen and oxygen atoms in total. The molecule has 7 heteroatoms. The molecule has 0 radical (unpaired) electrons. The Balaban J connectivity index is 1.48. The minimum Gasteiger partial charge on any atom is -0.230 e. The molecule has 4 aromatic rings. The topological polar surface area (TPSA) is 43.6 Å². The van der Waals surface area contributed by atoms with Crippen LogP contribution in [0.1, 0.15) is 5.69 Å². The highest BCUT2D eigenvalue weighted by molar-refractivity contribution is 8.00. The molecule has 2 heterocycles. The number of para-hydroxylation sites is 1. The van der Waals surface area contributed by atoms with Gasteiger partial charge in [-0.1, -0.05) is 40.7 Å². The number of aromatic nitrogens is 4. The van der Waals surface area contributed by atoms with Gasteiger partial charge in [0.1, 0.15) is 0 Å². The predicted octanol–water partition coefficient (Wildman–Crippen LogP) is 4.82. The van der Waals surface area contributed by atoms with Gasteiger partial charge in [-0.15, -0.1) is 16.4 Å². The Kier molecular flexibility index (Phi) is 4.03. The number of thiazole rings is 1. The fourth-order valence-electron chi connectivity index (χ4n) is 2.13. The molecule has 0 unspecified atom stereocenters. The van der Waals surface area contributed by atoms with E-state index in [1.807, 2.05) is 48.7 Å². The zero-order valence-electron chi connectivity index (χ0n) is 11.9. The fourth-order valence-corrected chi connectivity index (χ4v) is 4.20. The van der Waals surface area contributed by atoms with Crippen molar-refractivity contribution in [1.82, 2.24) is 20.0 Å². The molecule has 0 aliphatic heterocycles. The first kappa shape index (κ1) is 14.7. The third kappa shape index (κ3) is 3.24. The van der Waals surface area contributed by atoms with Gasteiger partial charge in [0.05, 0.1) is 27.8 Å². The van der Waals surface area contributed by atoms with Crippen LogP contribution in [0.15, 0.2) is 59.1 Å². The lowest BCUT2D eigenvalue weighted by atomic mass is 10.3. The van der Waals surface area contributed by atoms with Crippen molar-refractivity contribution in [3.63, 3.8) is 0 Å². The number of thioether (sulfide) groups is 1. The molecule has 0 atom stereocenters. The van der Waals surface area contributed by atoms with Gasteiger partial charge in [0.2, 0.25) is 0 Å². The largest absolute Gasteiger partial charge is 0.230 e. The summed E-state index contributed by atoms with van der Waals surface area (Å²) in [5.74, 6) is 0.743. The highest BCUT2D eigenvalue weighted by Gasteiger charge is 2.07. The van der Waals surface area contributed by atoms with Crippen LogP contribution in [0, 0.1) is 0 Å². The maximum Gasteiger partial charge on any atom is 0.151 e. The second-order valence-electron chi connectivity index (χ2n) is 4.87.